The van der Waals surface area contributed by atoms with Crippen LogP contribution in [0, 0.1) is 0 Å². The predicted octanol–water partition coefficient (Wildman–Crippen LogP) is 3.16. The molecule has 2 fully saturated rings. The minimum atomic E-state index is -0.0189. The zero-order valence-electron chi connectivity index (χ0n) is 15.9. The molecular weight excluding hydrogens is 342 g/mol. The van der Waals surface area contributed by atoms with Crippen molar-refractivity contribution >= 4 is 11.9 Å². The van der Waals surface area contributed by atoms with Crippen molar-refractivity contribution in [2.24, 2.45) is 0 Å². The number of nitrogens with zero attached hydrogens (tertiary/aromatic N) is 2. The van der Waals surface area contributed by atoms with Crippen LogP contribution in [0.1, 0.15) is 60.9 Å². The summed E-state index contributed by atoms with van der Waals surface area (Å²) in [5.74, 6) is 0.860. The second kappa shape index (κ2) is 8.19. The van der Waals surface area contributed by atoms with Crippen molar-refractivity contribution < 1.29 is 14.3 Å². The Morgan fingerprint density at radius 1 is 0.963 bits per heavy atom. The number of likely N-dealkylation sites (tertiary alicyclic amines) is 1. The van der Waals surface area contributed by atoms with Gasteiger partial charge in [-0.3, -0.25) is 4.79 Å². The maximum absolute atomic E-state index is 12.7. The predicted molar refractivity (Wildman–Crippen MR) is 103 cm³/mol. The summed E-state index contributed by atoms with van der Waals surface area (Å²) < 4.78 is 5.83. The van der Waals surface area contributed by atoms with Crippen LogP contribution in [0.2, 0.25) is 0 Å². The summed E-state index contributed by atoms with van der Waals surface area (Å²) in [4.78, 5) is 29.1. The third-order valence-electron chi connectivity index (χ3n) is 5.90. The van der Waals surface area contributed by atoms with E-state index >= 15 is 0 Å². The van der Waals surface area contributed by atoms with Crippen LogP contribution in [0.15, 0.2) is 18.2 Å². The Hall–Kier alpha value is -2.24. The van der Waals surface area contributed by atoms with E-state index in [1.807, 2.05) is 28.0 Å². The molecule has 0 aromatic heterocycles. The zero-order valence-corrected chi connectivity index (χ0v) is 15.9. The van der Waals surface area contributed by atoms with E-state index in [9.17, 15) is 9.59 Å². The van der Waals surface area contributed by atoms with Gasteiger partial charge in [-0.05, 0) is 43.9 Å². The number of rotatable bonds is 2. The van der Waals surface area contributed by atoms with Crippen molar-refractivity contribution in [3.05, 3.63) is 29.3 Å². The largest absolute Gasteiger partial charge is 0.491 e. The van der Waals surface area contributed by atoms with Gasteiger partial charge in [0.2, 0.25) is 0 Å². The maximum Gasteiger partial charge on any atom is 0.318 e. The summed E-state index contributed by atoms with van der Waals surface area (Å²) in [6, 6.07) is 5.90. The highest BCUT2D eigenvalue weighted by Gasteiger charge is 2.25. The van der Waals surface area contributed by atoms with Crippen LogP contribution in [-0.4, -0.2) is 54.0 Å². The molecule has 1 N–H and O–H groups in total. The Bertz CT molecular complexity index is 694. The lowest BCUT2D eigenvalue weighted by molar-refractivity contribution is 0.0792. The van der Waals surface area contributed by atoms with Gasteiger partial charge in [0.1, 0.15) is 12.4 Å². The fraction of sp³-hybridized carbons (Fsp3) is 0.619. The number of fused-ring (bicyclic) bond motifs is 1. The van der Waals surface area contributed by atoms with Gasteiger partial charge < -0.3 is 19.9 Å². The number of urea groups is 1. The molecule has 2 aliphatic heterocycles. The molecule has 0 atom stereocenters. The van der Waals surface area contributed by atoms with Gasteiger partial charge in [-0.15, -0.1) is 0 Å². The number of amides is 3. The normalized spacial score (nSPS) is 20.6. The maximum atomic E-state index is 12.7. The van der Waals surface area contributed by atoms with Gasteiger partial charge in [-0.25, -0.2) is 4.79 Å². The number of carbonyl (C=O) groups is 2. The lowest BCUT2D eigenvalue weighted by atomic mass is 9.96. The summed E-state index contributed by atoms with van der Waals surface area (Å²) in [5.41, 5.74) is 1.60. The Labute approximate surface area is 160 Å². The molecule has 27 heavy (non-hydrogen) atoms. The minimum absolute atomic E-state index is 0.0189. The molecule has 1 aromatic carbocycles. The molecule has 1 aliphatic carbocycles. The fourth-order valence-electron chi connectivity index (χ4n) is 4.32. The summed E-state index contributed by atoms with van der Waals surface area (Å²) in [6.07, 6.45) is 7.95. The first-order valence-corrected chi connectivity index (χ1v) is 10.3. The number of benzene rings is 1. The van der Waals surface area contributed by atoms with Crippen LogP contribution in [0.4, 0.5) is 4.79 Å². The van der Waals surface area contributed by atoms with Crippen molar-refractivity contribution in [1.29, 1.82) is 0 Å². The summed E-state index contributed by atoms with van der Waals surface area (Å²) >= 11 is 0. The van der Waals surface area contributed by atoms with E-state index in [0.717, 1.165) is 50.1 Å². The van der Waals surface area contributed by atoms with E-state index in [1.165, 1.54) is 19.3 Å². The molecule has 0 radical (unpaired) electrons. The van der Waals surface area contributed by atoms with E-state index < -0.39 is 0 Å². The summed E-state index contributed by atoms with van der Waals surface area (Å²) in [5, 5.41) is 3.19. The Kier molecular flexibility index (Phi) is 5.50. The van der Waals surface area contributed by atoms with Crippen molar-refractivity contribution in [2.45, 2.75) is 57.5 Å². The summed E-state index contributed by atoms with van der Waals surface area (Å²) in [7, 11) is 0. The molecule has 6 heteroatoms. The molecule has 1 aromatic rings. The standard InChI is InChI=1S/C21H29N3O3/c25-20(23-10-4-5-11-23)16-8-9-19-17(14-16)15-24(12-13-27-19)21(26)22-18-6-2-1-3-7-18/h8-9,14,18H,1-7,10-13,15H2,(H,22,26). The first-order valence-electron chi connectivity index (χ1n) is 10.3. The molecule has 2 heterocycles. The highest BCUT2D eigenvalue weighted by Crippen LogP contribution is 2.26. The van der Waals surface area contributed by atoms with Gasteiger partial charge in [0, 0.05) is 30.3 Å². The smallest absolute Gasteiger partial charge is 0.318 e. The Balaban J connectivity index is 1.46. The van der Waals surface area contributed by atoms with Crippen molar-refractivity contribution in [3.8, 4) is 5.75 Å². The van der Waals surface area contributed by atoms with Gasteiger partial charge >= 0.3 is 6.03 Å². The summed E-state index contributed by atoms with van der Waals surface area (Å²) in [6.45, 7) is 3.19. The van der Waals surface area contributed by atoms with Gasteiger partial charge in [0.05, 0.1) is 13.1 Å². The van der Waals surface area contributed by atoms with Crippen LogP contribution in [0.25, 0.3) is 0 Å². The third kappa shape index (κ3) is 4.20. The number of nitrogens with one attached hydrogen (secondary N) is 1. The van der Waals surface area contributed by atoms with E-state index in [-0.39, 0.29) is 18.0 Å². The highest BCUT2D eigenvalue weighted by molar-refractivity contribution is 5.94. The monoisotopic (exact) mass is 371 g/mol. The molecule has 3 aliphatic rings. The molecule has 0 unspecified atom stereocenters. The van der Waals surface area contributed by atoms with E-state index in [4.69, 9.17) is 4.74 Å². The number of hydrogen-bond donors (Lipinski definition) is 1. The first kappa shape index (κ1) is 18.1. The lowest BCUT2D eigenvalue weighted by Gasteiger charge is -2.27. The quantitative estimate of drug-likeness (QED) is 0.869. The van der Waals surface area contributed by atoms with Crippen LogP contribution in [0.3, 0.4) is 0 Å². The molecule has 4 rings (SSSR count). The molecule has 3 amide bonds. The van der Waals surface area contributed by atoms with E-state index in [0.29, 0.717) is 25.3 Å². The average molecular weight is 371 g/mol. The fourth-order valence-corrected chi connectivity index (χ4v) is 4.32. The minimum Gasteiger partial charge on any atom is -0.491 e. The number of carbonyl (C=O) groups excluding carboxylic acids is 2. The van der Waals surface area contributed by atoms with Gasteiger partial charge in [-0.2, -0.15) is 0 Å². The third-order valence-corrected chi connectivity index (χ3v) is 5.90. The van der Waals surface area contributed by atoms with Crippen LogP contribution >= 0.6 is 0 Å². The lowest BCUT2D eigenvalue weighted by Crippen LogP contribution is -2.45. The Morgan fingerprint density at radius 3 is 2.52 bits per heavy atom. The average Bonchev–Trinajstić information content (AvgIpc) is 3.14. The van der Waals surface area contributed by atoms with Crippen molar-refractivity contribution in [2.75, 3.05) is 26.2 Å². The second-order valence-corrected chi connectivity index (χ2v) is 7.88. The van der Waals surface area contributed by atoms with Gasteiger partial charge in [-0.1, -0.05) is 19.3 Å². The van der Waals surface area contributed by atoms with Crippen LogP contribution in [0.5, 0.6) is 5.75 Å². The Morgan fingerprint density at radius 2 is 1.74 bits per heavy atom. The SMILES string of the molecule is O=C(NC1CCCCC1)N1CCOc2ccc(C(=O)N3CCCC3)cc2C1. The topological polar surface area (TPSA) is 61.9 Å². The second-order valence-electron chi connectivity index (χ2n) is 7.88. The first-order chi connectivity index (χ1) is 13.2. The van der Waals surface area contributed by atoms with Crippen LogP contribution < -0.4 is 10.1 Å². The molecule has 1 saturated carbocycles. The van der Waals surface area contributed by atoms with Gasteiger partial charge in [0.25, 0.3) is 5.91 Å². The molecular formula is C21H29N3O3. The molecule has 0 spiro atoms. The number of ether oxygens (including phenoxy) is 1. The van der Waals surface area contributed by atoms with Crippen molar-refractivity contribution in [3.63, 3.8) is 0 Å². The highest BCUT2D eigenvalue weighted by atomic mass is 16.5. The molecule has 146 valence electrons. The van der Waals surface area contributed by atoms with Gasteiger partial charge in [0.15, 0.2) is 0 Å². The van der Waals surface area contributed by atoms with E-state index in [1.54, 1.807) is 0 Å². The van der Waals surface area contributed by atoms with E-state index in [2.05, 4.69) is 5.32 Å². The number of hydrogen-bond acceptors (Lipinski definition) is 3. The van der Waals surface area contributed by atoms with Crippen molar-refractivity contribution in [1.82, 2.24) is 15.1 Å². The molecule has 1 saturated heterocycles. The molecule has 6 nitrogen and oxygen atoms in total. The van der Waals surface area contributed by atoms with Crippen LogP contribution in [-0.2, 0) is 6.54 Å². The molecule has 0 bridgehead atoms. The zero-order chi connectivity index (χ0) is 18.6.